The Bertz CT molecular complexity index is 1850. The lowest BCUT2D eigenvalue weighted by atomic mass is 9.61. The van der Waals surface area contributed by atoms with E-state index in [0.717, 1.165) is 17.1 Å². The van der Waals surface area contributed by atoms with Crippen LogP contribution in [-0.4, -0.2) is 9.97 Å². The van der Waals surface area contributed by atoms with Crippen LogP contribution >= 0.6 is 11.8 Å². The molecule has 196 valence electrons. The molecule has 2 aliphatic heterocycles. The van der Waals surface area contributed by atoms with E-state index < -0.39 is 5.41 Å². The molecule has 3 nitrogen and oxygen atoms in total. The Morgan fingerprint density at radius 3 is 1.66 bits per heavy atom. The molecule has 4 heteroatoms. The van der Waals surface area contributed by atoms with Crippen LogP contribution in [-0.2, 0) is 5.41 Å². The highest BCUT2D eigenvalue weighted by molar-refractivity contribution is 7.99. The van der Waals surface area contributed by atoms with Crippen molar-refractivity contribution < 1.29 is 0 Å². The standard InChI is InChI=1S/C37H27N3S/c1-24-12-18-32-30(22-24)37(28-8-3-5-10-34(28)41-35-11-6-4-9-29(35)37)31-23-25(2)13-19-33(31)40(32)27-16-14-26(15-17-27)36-38-20-7-21-39-36/h3-23H,1-2H3. The zero-order valence-corrected chi connectivity index (χ0v) is 23.7. The van der Waals surface area contributed by atoms with E-state index >= 15 is 0 Å². The van der Waals surface area contributed by atoms with Gasteiger partial charge in [0.2, 0.25) is 0 Å². The van der Waals surface area contributed by atoms with Gasteiger partial charge in [0.15, 0.2) is 5.82 Å². The third-order valence-electron chi connectivity index (χ3n) is 8.35. The molecule has 0 radical (unpaired) electrons. The van der Waals surface area contributed by atoms with E-state index in [-0.39, 0.29) is 0 Å². The molecule has 5 aromatic carbocycles. The fourth-order valence-electron chi connectivity index (χ4n) is 6.63. The third kappa shape index (κ3) is 3.54. The predicted octanol–water partition coefficient (Wildman–Crippen LogP) is 9.39. The smallest absolute Gasteiger partial charge is 0.159 e. The Kier molecular flexibility index (Phi) is 5.41. The Morgan fingerprint density at radius 2 is 1.10 bits per heavy atom. The highest BCUT2D eigenvalue weighted by atomic mass is 32.2. The highest BCUT2D eigenvalue weighted by Gasteiger charge is 2.50. The second kappa shape index (κ2) is 9.18. The van der Waals surface area contributed by atoms with E-state index in [4.69, 9.17) is 0 Å². The molecular formula is C37H27N3S. The van der Waals surface area contributed by atoms with Gasteiger partial charge in [0, 0.05) is 33.4 Å². The Labute approximate surface area is 244 Å². The number of rotatable bonds is 2. The van der Waals surface area contributed by atoms with Gasteiger partial charge in [-0.1, -0.05) is 83.6 Å². The summed E-state index contributed by atoms with van der Waals surface area (Å²) in [5.41, 5.74) is 11.9. The fourth-order valence-corrected chi connectivity index (χ4v) is 7.82. The molecule has 0 bridgehead atoms. The molecule has 0 saturated carbocycles. The van der Waals surface area contributed by atoms with Crippen LogP contribution in [0, 0.1) is 13.8 Å². The summed E-state index contributed by atoms with van der Waals surface area (Å²) in [4.78, 5) is 14.0. The first-order valence-electron chi connectivity index (χ1n) is 13.9. The van der Waals surface area contributed by atoms with E-state index in [2.05, 4.69) is 138 Å². The molecular weight excluding hydrogens is 518 g/mol. The lowest BCUT2D eigenvalue weighted by molar-refractivity contribution is 0.690. The molecule has 0 atom stereocenters. The molecule has 8 rings (SSSR count). The predicted molar refractivity (Wildman–Crippen MR) is 168 cm³/mol. The second-order valence-electron chi connectivity index (χ2n) is 10.8. The first-order chi connectivity index (χ1) is 20.1. The van der Waals surface area contributed by atoms with Gasteiger partial charge in [-0.15, -0.1) is 0 Å². The van der Waals surface area contributed by atoms with Gasteiger partial charge in [0.05, 0.1) is 16.8 Å². The molecule has 1 aromatic heterocycles. The summed E-state index contributed by atoms with van der Waals surface area (Å²) in [5.74, 6) is 0.733. The quantitative estimate of drug-likeness (QED) is 0.216. The van der Waals surface area contributed by atoms with E-state index in [1.54, 1.807) is 12.4 Å². The molecule has 3 heterocycles. The van der Waals surface area contributed by atoms with Gasteiger partial charge in [0.1, 0.15) is 0 Å². The van der Waals surface area contributed by atoms with Gasteiger partial charge >= 0.3 is 0 Å². The van der Waals surface area contributed by atoms with E-state index in [0.29, 0.717) is 0 Å². The summed E-state index contributed by atoms with van der Waals surface area (Å²) in [7, 11) is 0. The van der Waals surface area contributed by atoms with E-state index in [1.165, 1.54) is 54.5 Å². The molecule has 0 aliphatic carbocycles. The Morgan fingerprint density at radius 1 is 0.561 bits per heavy atom. The third-order valence-corrected chi connectivity index (χ3v) is 9.50. The van der Waals surface area contributed by atoms with E-state index in [9.17, 15) is 0 Å². The van der Waals surface area contributed by atoms with Gasteiger partial charge in [-0.05, 0) is 90.7 Å². The average Bonchev–Trinajstić information content (AvgIpc) is 3.02. The number of aromatic nitrogens is 2. The van der Waals surface area contributed by atoms with Gasteiger partial charge in [-0.25, -0.2) is 9.97 Å². The van der Waals surface area contributed by atoms with Crippen molar-refractivity contribution in [2.75, 3.05) is 4.90 Å². The normalized spacial score (nSPS) is 14.1. The summed E-state index contributed by atoms with van der Waals surface area (Å²) < 4.78 is 0. The highest BCUT2D eigenvalue weighted by Crippen LogP contribution is 2.62. The maximum absolute atomic E-state index is 4.46. The Hall–Kier alpha value is -4.67. The topological polar surface area (TPSA) is 29.0 Å². The van der Waals surface area contributed by atoms with E-state index in [1.807, 2.05) is 17.8 Å². The number of nitrogens with zero attached hydrogens (tertiary/aromatic N) is 3. The zero-order chi connectivity index (χ0) is 27.6. The van der Waals surface area contributed by atoms with Crippen molar-refractivity contribution >= 4 is 28.8 Å². The van der Waals surface area contributed by atoms with Crippen molar-refractivity contribution in [1.82, 2.24) is 9.97 Å². The van der Waals surface area contributed by atoms with Crippen LogP contribution in [0.5, 0.6) is 0 Å². The summed E-state index contributed by atoms with van der Waals surface area (Å²) in [6, 6.07) is 42.3. The fraction of sp³-hybridized carbons (Fsp3) is 0.0811. The molecule has 41 heavy (non-hydrogen) atoms. The summed E-state index contributed by atoms with van der Waals surface area (Å²) in [6.45, 7) is 4.41. The summed E-state index contributed by atoms with van der Waals surface area (Å²) in [5, 5.41) is 0. The number of fused-ring (bicyclic) bond motifs is 8. The van der Waals surface area contributed by atoms with Gasteiger partial charge < -0.3 is 4.90 Å². The van der Waals surface area contributed by atoms with Crippen molar-refractivity contribution in [2.45, 2.75) is 29.1 Å². The van der Waals surface area contributed by atoms with Crippen LogP contribution in [0.2, 0.25) is 0 Å². The van der Waals surface area contributed by atoms with Crippen LogP contribution in [0.25, 0.3) is 11.4 Å². The van der Waals surface area contributed by atoms with Gasteiger partial charge in [-0.3, -0.25) is 0 Å². The Balaban J connectivity index is 1.45. The number of hydrogen-bond acceptors (Lipinski definition) is 4. The zero-order valence-electron chi connectivity index (χ0n) is 22.9. The summed E-state index contributed by atoms with van der Waals surface area (Å²) in [6.07, 6.45) is 3.57. The minimum absolute atomic E-state index is 0.435. The van der Waals surface area contributed by atoms with Crippen molar-refractivity contribution in [3.8, 4) is 11.4 Å². The van der Waals surface area contributed by atoms with Crippen LogP contribution in [0.3, 0.4) is 0 Å². The van der Waals surface area contributed by atoms with Gasteiger partial charge in [-0.2, -0.15) is 0 Å². The van der Waals surface area contributed by atoms with Gasteiger partial charge in [0.25, 0.3) is 0 Å². The number of anilines is 3. The molecule has 2 aliphatic rings. The maximum atomic E-state index is 4.46. The molecule has 0 saturated heterocycles. The second-order valence-corrected chi connectivity index (χ2v) is 11.9. The van der Waals surface area contributed by atoms with Crippen molar-refractivity contribution in [1.29, 1.82) is 0 Å². The number of benzene rings is 5. The van der Waals surface area contributed by atoms with Crippen LogP contribution in [0.1, 0.15) is 33.4 Å². The summed E-state index contributed by atoms with van der Waals surface area (Å²) >= 11 is 1.88. The maximum Gasteiger partial charge on any atom is 0.159 e. The SMILES string of the molecule is Cc1ccc2c(c1)C1(c3ccccc3Sc3ccccc31)c1cc(C)ccc1N2c1ccc(-c2ncccn2)cc1. The molecule has 0 N–H and O–H groups in total. The lowest BCUT2D eigenvalue weighted by Crippen LogP contribution is -2.39. The molecule has 6 aromatic rings. The average molecular weight is 546 g/mol. The van der Waals surface area contributed by atoms with Crippen LogP contribution in [0.4, 0.5) is 17.1 Å². The lowest BCUT2D eigenvalue weighted by Gasteiger charge is -2.49. The van der Waals surface area contributed by atoms with Crippen LogP contribution in [0.15, 0.2) is 137 Å². The van der Waals surface area contributed by atoms with Crippen molar-refractivity contribution in [3.05, 3.63) is 161 Å². The van der Waals surface area contributed by atoms with Crippen LogP contribution < -0.4 is 4.90 Å². The first kappa shape index (κ1) is 24.2. The van der Waals surface area contributed by atoms with Crippen molar-refractivity contribution in [2.24, 2.45) is 0 Å². The molecule has 0 unspecified atom stereocenters. The minimum Gasteiger partial charge on any atom is -0.310 e. The first-order valence-corrected chi connectivity index (χ1v) is 14.7. The van der Waals surface area contributed by atoms with Crippen molar-refractivity contribution in [3.63, 3.8) is 0 Å². The monoisotopic (exact) mass is 545 g/mol. The largest absolute Gasteiger partial charge is 0.310 e. The molecule has 0 amide bonds. The molecule has 0 fully saturated rings. The number of hydrogen-bond donors (Lipinski definition) is 0. The molecule has 1 spiro atoms. The minimum atomic E-state index is -0.435. The number of aryl methyl sites for hydroxylation is 2.